The molecular formula is C12H14FN3S. The molecule has 2 aromatic rings. The summed E-state index contributed by atoms with van der Waals surface area (Å²) >= 11 is 1.86. The highest BCUT2D eigenvalue weighted by molar-refractivity contribution is 8.00. The molecule has 1 aliphatic rings. The number of halogens is 1. The van der Waals surface area contributed by atoms with Crippen LogP contribution >= 0.6 is 11.8 Å². The summed E-state index contributed by atoms with van der Waals surface area (Å²) < 4.78 is 15.5. The average molecular weight is 251 g/mol. The minimum Gasteiger partial charge on any atom is -0.369 e. The molecule has 0 amide bonds. The number of hydrogen-bond donors (Lipinski definition) is 1. The zero-order valence-corrected chi connectivity index (χ0v) is 10.4. The number of rotatable bonds is 3. The number of thioether (sulfide) groups is 1. The lowest BCUT2D eigenvalue weighted by molar-refractivity contribution is 0.626. The number of nitrogens with zero attached hydrogens (tertiary/aromatic N) is 2. The van der Waals surface area contributed by atoms with Gasteiger partial charge in [0.15, 0.2) is 0 Å². The fraction of sp³-hybridized carbons (Fsp3) is 0.417. The molecule has 0 spiro atoms. The van der Waals surface area contributed by atoms with Gasteiger partial charge in [0.2, 0.25) is 5.95 Å². The summed E-state index contributed by atoms with van der Waals surface area (Å²) in [5.74, 6) is 0.235. The topological polar surface area (TPSA) is 43.8 Å². The van der Waals surface area contributed by atoms with Crippen molar-refractivity contribution in [3.05, 3.63) is 24.0 Å². The Morgan fingerprint density at radius 3 is 2.94 bits per heavy atom. The highest BCUT2D eigenvalue weighted by Crippen LogP contribution is 2.49. The minimum absolute atomic E-state index is 0.243. The van der Waals surface area contributed by atoms with Gasteiger partial charge < -0.3 is 10.3 Å². The third kappa shape index (κ3) is 1.78. The molecule has 1 aromatic carbocycles. The second kappa shape index (κ2) is 3.63. The highest BCUT2D eigenvalue weighted by Gasteiger charge is 2.42. The third-order valence-electron chi connectivity index (χ3n) is 3.43. The van der Waals surface area contributed by atoms with Gasteiger partial charge in [0.1, 0.15) is 5.82 Å². The first kappa shape index (κ1) is 10.9. The zero-order chi connectivity index (χ0) is 12.0. The maximum Gasteiger partial charge on any atom is 0.201 e. The van der Waals surface area contributed by atoms with Gasteiger partial charge in [-0.25, -0.2) is 9.37 Å². The monoisotopic (exact) mass is 251 g/mol. The van der Waals surface area contributed by atoms with Gasteiger partial charge in [0, 0.05) is 11.3 Å². The largest absolute Gasteiger partial charge is 0.369 e. The molecule has 3 rings (SSSR count). The van der Waals surface area contributed by atoms with Gasteiger partial charge in [0.25, 0.3) is 0 Å². The van der Waals surface area contributed by atoms with Gasteiger partial charge in [-0.2, -0.15) is 11.8 Å². The van der Waals surface area contributed by atoms with E-state index in [9.17, 15) is 4.39 Å². The molecule has 17 heavy (non-hydrogen) atoms. The number of imidazole rings is 1. The first-order chi connectivity index (χ1) is 8.13. The van der Waals surface area contributed by atoms with E-state index in [0.717, 1.165) is 17.6 Å². The van der Waals surface area contributed by atoms with Crippen molar-refractivity contribution in [1.82, 2.24) is 9.55 Å². The van der Waals surface area contributed by atoms with Gasteiger partial charge in [-0.15, -0.1) is 0 Å². The number of benzene rings is 1. The summed E-state index contributed by atoms with van der Waals surface area (Å²) in [5, 5.41) is 0. The number of anilines is 1. The predicted molar refractivity (Wildman–Crippen MR) is 69.6 cm³/mol. The van der Waals surface area contributed by atoms with E-state index in [1.807, 2.05) is 16.3 Å². The molecule has 0 unspecified atom stereocenters. The number of aromatic nitrogens is 2. The zero-order valence-electron chi connectivity index (χ0n) is 9.61. The van der Waals surface area contributed by atoms with Gasteiger partial charge in [-0.05, 0) is 37.3 Å². The Hall–Kier alpha value is -1.23. The van der Waals surface area contributed by atoms with E-state index in [0.29, 0.717) is 5.95 Å². The Kier molecular flexibility index (Phi) is 2.33. The van der Waals surface area contributed by atoms with Crippen LogP contribution in [0.3, 0.4) is 0 Å². The fourth-order valence-electron chi connectivity index (χ4n) is 2.14. The van der Waals surface area contributed by atoms with E-state index in [4.69, 9.17) is 5.73 Å². The molecule has 1 heterocycles. The lowest BCUT2D eigenvalue weighted by atomic mass is 10.3. The van der Waals surface area contributed by atoms with Crippen molar-refractivity contribution in [3.8, 4) is 0 Å². The summed E-state index contributed by atoms with van der Waals surface area (Å²) in [7, 11) is 0. The molecule has 0 saturated heterocycles. The van der Waals surface area contributed by atoms with Gasteiger partial charge >= 0.3 is 0 Å². The number of nitrogen functional groups attached to an aromatic ring is 1. The lowest BCUT2D eigenvalue weighted by Gasteiger charge is -2.14. The Labute approximate surface area is 103 Å². The Morgan fingerprint density at radius 1 is 1.53 bits per heavy atom. The number of nitrogens with two attached hydrogens (primary N) is 1. The maximum atomic E-state index is 13.3. The Balaban J connectivity index is 2.08. The summed E-state index contributed by atoms with van der Waals surface area (Å²) in [6, 6.07) is 4.60. The summed E-state index contributed by atoms with van der Waals surface area (Å²) in [4.78, 5) is 4.27. The molecule has 0 atom stereocenters. The van der Waals surface area contributed by atoms with E-state index in [2.05, 4.69) is 11.2 Å². The molecule has 1 fully saturated rings. The standard InChI is InChI=1S/C12H14FN3S/c1-17-12(4-5-12)7-16-10-6-8(13)2-3-9(10)15-11(16)14/h2-3,6H,4-5,7H2,1H3,(H2,14,15). The molecule has 3 nitrogen and oxygen atoms in total. The molecule has 0 bridgehead atoms. The van der Waals surface area contributed by atoms with Crippen LogP contribution in [0, 0.1) is 5.82 Å². The van der Waals surface area contributed by atoms with Crippen LogP contribution in [0.25, 0.3) is 11.0 Å². The van der Waals surface area contributed by atoms with Crippen LogP contribution in [0.15, 0.2) is 18.2 Å². The van der Waals surface area contributed by atoms with Crippen molar-refractivity contribution >= 4 is 28.7 Å². The van der Waals surface area contributed by atoms with Crippen LogP contribution in [0.2, 0.25) is 0 Å². The molecule has 0 radical (unpaired) electrons. The summed E-state index contributed by atoms with van der Waals surface area (Å²) in [6.45, 7) is 0.819. The smallest absolute Gasteiger partial charge is 0.201 e. The molecule has 1 saturated carbocycles. The van der Waals surface area contributed by atoms with Crippen molar-refractivity contribution in [2.24, 2.45) is 0 Å². The van der Waals surface area contributed by atoms with E-state index in [-0.39, 0.29) is 10.6 Å². The second-order valence-corrected chi connectivity index (χ2v) is 5.85. The molecule has 1 aromatic heterocycles. The normalized spacial score (nSPS) is 17.5. The van der Waals surface area contributed by atoms with Crippen LogP contribution in [0.4, 0.5) is 10.3 Å². The second-order valence-electron chi connectivity index (χ2n) is 4.58. The van der Waals surface area contributed by atoms with Crippen LogP contribution in [-0.4, -0.2) is 20.6 Å². The van der Waals surface area contributed by atoms with Crippen molar-refractivity contribution in [1.29, 1.82) is 0 Å². The van der Waals surface area contributed by atoms with Gasteiger partial charge in [-0.1, -0.05) is 0 Å². The first-order valence-corrected chi connectivity index (χ1v) is 6.82. The van der Waals surface area contributed by atoms with Crippen LogP contribution in [-0.2, 0) is 6.54 Å². The van der Waals surface area contributed by atoms with Crippen LogP contribution in [0.5, 0.6) is 0 Å². The average Bonchev–Trinajstić information content (AvgIpc) is 3.03. The predicted octanol–water partition coefficient (Wildman–Crippen LogP) is 2.65. The summed E-state index contributed by atoms with van der Waals surface area (Å²) in [5.41, 5.74) is 7.47. The van der Waals surface area contributed by atoms with Crippen LogP contribution < -0.4 is 5.73 Å². The van der Waals surface area contributed by atoms with E-state index < -0.39 is 0 Å². The molecule has 90 valence electrons. The maximum absolute atomic E-state index is 13.3. The van der Waals surface area contributed by atoms with Crippen molar-refractivity contribution in [2.75, 3.05) is 12.0 Å². The molecule has 0 aliphatic heterocycles. The quantitative estimate of drug-likeness (QED) is 0.912. The fourth-order valence-corrected chi connectivity index (χ4v) is 2.90. The van der Waals surface area contributed by atoms with Crippen LogP contribution in [0.1, 0.15) is 12.8 Å². The molecule has 1 aliphatic carbocycles. The Morgan fingerprint density at radius 2 is 2.29 bits per heavy atom. The van der Waals surface area contributed by atoms with Crippen molar-refractivity contribution < 1.29 is 4.39 Å². The molecule has 5 heteroatoms. The Bertz CT molecular complexity index is 574. The lowest BCUT2D eigenvalue weighted by Crippen LogP contribution is -2.15. The third-order valence-corrected chi connectivity index (χ3v) is 4.83. The molecular weight excluding hydrogens is 237 g/mol. The molecule has 2 N–H and O–H groups in total. The first-order valence-electron chi connectivity index (χ1n) is 5.60. The van der Waals surface area contributed by atoms with Crippen molar-refractivity contribution in [3.63, 3.8) is 0 Å². The number of fused-ring (bicyclic) bond motifs is 1. The van der Waals surface area contributed by atoms with Gasteiger partial charge in [0.05, 0.1) is 11.0 Å². The number of hydrogen-bond acceptors (Lipinski definition) is 3. The van der Waals surface area contributed by atoms with Crippen molar-refractivity contribution in [2.45, 2.75) is 24.1 Å². The van der Waals surface area contributed by atoms with E-state index in [1.54, 1.807) is 6.07 Å². The van der Waals surface area contributed by atoms with E-state index in [1.165, 1.54) is 25.0 Å². The SMILES string of the molecule is CSC1(Cn2c(N)nc3ccc(F)cc32)CC1. The summed E-state index contributed by atoms with van der Waals surface area (Å²) in [6.07, 6.45) is 4.51. The minimum atomic E-state index is -0.243. The highest BCUT2D eigenvalue weighted by atomic mass is 32.2. The van der Waals surface area contributed by atoms with E-state index >= 15 is 0 Å². The van der Waals surface area contributed by atoms with Gasteiger partial charge in [-0.3, -0.25) is 0 Å².